The minimum Gasteiger partial charge on any atom is -0.477 e. The van der Waals surface area contributed by atoms with E-state index in [-0.39, 0.29) is 22.2 Å². The number of pyridine rings is 1. The number of aromatic nitrogens is 2. The fourth-order valence-corrected chi connectivity index (χ4v) is 6.97. The van der Waals surface area contributed by atoms with Crippen molar-refractivity contribution in [3.63, 3.8) is 0 Å². The molecule has 0 radical (unpaired) electrons. The molecule has 0 bridgehead atoms. The van der Waals surface area contributed by atoms with Crippen LogP contribution in [0.3, 0.4) is 0 Å². The minimum atomic E-state index is -1.18. The Kier molecular flexibility index (Phi) is 6.40. The molecular weight excluding hydrogens is 524 g/mol. The van der Waals surface area contributed by atoms with E-state index in [1.165, 1.54) is 28.6 Å². The number of nitrogens with two attached hydrogens (primary N) is 1. The van der Waals surface area contributed by atoms with E-state index in [2.05, 4.69) is 21.5 Å². The normalized spacial score (nSPS) is 19.8. The summed E-state index contributed by atoms with van der Waals surface area (Å²) in [5, 5.41) is 18.7. The lowest BCUT2D eigenvalue weighted by Gasteiger charge is -2.49. The number of thioether (sulfide) groups is 1. The van der Waals surface area contributed by atoms with Gasteiger partial charge in [-0.2, -0.15) is 0 Å². The number of carbonyl (C=O) groups excluding carboxylic acids is 2. The number of thiophene rings is 1. The number of carboxylic acids is 1. The number of oxime groups is 1. The van der Waals surface area contributed by atoms with Crippen LogP contribution in [0, 0.1) is 6.92 Å². The molecular formula is C22H21N6O5S3+. The number of rotatable bonds is 7. The number of aryl methyl sites for hydroxylation is 1. The number of nitrogens with one attached hydrogen (secondary N) is 1. The molecule has 1 unspecified atom stereocenters. The number of fused-ring (bicyclic) bond motifs is 2. The summed E-state index contributed by atoms with van der Waals surface area (Å²) in [4.78, 5) is 49.4. The zero-order chi connectivity index (χ0) is 25.6. The van der Waals surface area contributed by atoms with Gasteiger partial charge in [0.1, 0.15) is 29.9 Å². The van der Waals surface area contributed by atoms with Crippen molar-refractivity contribution in [2.24, 2.45) is 5.16 Å². The van der Waals surface area contributed by atoms with E-state index in [1.54, 1.807) is 16.7 Å². The second kappa shape index (κ2) is 9.52. The Morgan fingerprint density at radius 3 is 2.94 bits per heavy atom. The Morgan fingerprint density at radius 2 is 2.25 bits per heavy atom. The molecule has 3 aromatic rings. The summed E-state index contributed by atoms with van der Waals surface area (Å²) in [6, 6.07) is 3.18. The van der Waals surface area contributed by atoms with Crippen molar-refractivity contribution in [2.75, 3.05) is 18.6 Å². The van der Waals surface area contributed by atoms with E-state index in [0.717, 1.165) is 21.4 Å². The molecule has 2 atom stereocenters. The molecule has 11 nitrogen and oxygen atoms in total. The van der Waals surface area contributed by atoms with Gasteiger partial charge in [0.15, 0.2) is 29.8 Å². The molecule has 0 spiro atoms. The van der Waals surface area contributed by atoms with E-state index < -0.39 is 29.2 Å². The number of amides is 2. The fourth-order valence-electron chi connectivity index (χ4n) is 4.19. The van der Waals surface area contributed by atoms with Crippen LogP contribution in [-0.2, 0) is 25.8 Å². The molecule has 0 saturated carbocycles. The molecule has 2 amide bonds. The summed E-state index contributed by atoms with van der Waals surface area (Å²) in [6.07, 6.45) is 3.88. The second-order valence-corrected chi connectivity index (χ2v) is 11.4. The SMILES string of the molecule is CO/N=C(\C(=O)NC1C(=O)N2C(C(=O)O)=C(C[n+]3ccc4sc(C)cc4c3)CS[C@H]12)c1csc(N)n1. The number of anilines is 1. The first kappa shape index (κ1) is 24.2. The van der Waals surface area contributed by atoms with Gasteiger partial charge in [-0.05, 0) is 13.0 Å². The highest BCUT2D eigenvalue weighted by Crippen LogP contribution is 2.40. The number of thiazole rings is 1. The van der Waals surface area contributed by atoms with Crippen molar-refractivity contribution in [2.45, 2.75) is 24.9 Å². The van der Waals surface area contributed by atoms with Gasteiger partial charge in [0, 0.05) is 32.3 Å². The van der Waals surface area contributed by atoms with E-state index in [1.807, 2.05) is 30.0 Å². The maximum absolute atomic E-state index is 13.0. The first-order valence-corrected chi connectivity index (χ1v) is 13.4. The van der Waals surface area contributed by atoms with Crippen LogP contribution in [0.2, 0.25) is 0 Å². The van der Waals surface area contributed by atoms with Gasteiger partial charge >= 0.3 is 5.97 Å². The molecule has 186 valence electrons. The third-order valence-electron chi connectivity index (χ3n) is 5.71. The van der Waals surface area contributed by atoms with Gasteiger partial charge in [-0.3, -0.25) is 14.5 Å². The molecule has 14 heteroatoms. The third kappa shape index (κ3) is 4.31. The number of hydrogen-bond acceptors (Lipinski definition) is 10. The van der Waals surface area contributed by atoms with Crippen molar-refractivity contribution < 1.29 is 28.9 Å². The van der Waals surface area contributed by atoms with E-state index in [4.69, 9.17) is 10.6 Å². The van der Waals surface area contributed by atoms with E-state index >= 15 is 0 Å². The lowest BCUT2D eigenvalue weighted by molar-refractivity contribution is -0.687. The van der Waals surface area contributed by atoms with Crippen LogP contribution in [0.5, 0.6) is 0 Å². The molecule has 0 aliphatic carbocycles. The molecule has 0 aromatic carbocycles. The average molecular weight is 546 g/mol. The van der Waals surface area contributed by atoms with Crippen LogP contribution in [0.4, 0.5) is 5.13 Å². The second-order valence-electron chi connectivity index (χ2n) is 8.11. The summed E-state index contributed by atoms with van der Waals surface area (Å²) < 4.78 is 3.08. The lowest BCUT2D eigenvalue weighted by atomic mass is 10.0. The minimum absolute atomic E-state index is 0.0404. The zero-order valence-corrected chi connectivity index (χ0v) is 21.6. The maximum atomic E-state index is 13.0. The van der Waals surface area contributed by atoms with Gasteiger partial charge in [-0.15, -0.1) is 34.4 Å². The highest BCUT2D eigenvalue weighted by Gasteiger charge is 2.54. The van der Waals surface area contributed by atoms with Crippen LogP contribution in [0.25, 0.3) is 10.1 Å². The van der Waals surface area contributed by atoms with E-state index in [0.29, 0.717) is 17.9 Å². The number of nitrogens with zero attached hydrogens (tertiary/aromatic N) is 4. The highest BCUT2D eigenvalue weighted by atomic mass is 32.2. The number of hydrogen-bond donors (Lipinski definition) is 3. The summed E-state index contributed by atoms with van der Waals surface area (Å²) in [5.41, 5.74) is 6.34. The topological polar surface area (TPSA) is 151 Å². The molecule has 5 heterocycles. The molecule has 1 saturated heterocycles. The maximum Gasteiger partial charge on any atom is 0.352 e. The third-order valence-corrected chi connectivity index (χ3v) is 8.75. The number of aliphatic carboxylic acids is 1. The largest absolute Gasteiger partial charge is 0.477 e. The molecule has 3 aromatic heterocycles. The Labute approximate surface area is 217 Å². The predicted molar refractivity (Wildman–Crippen MR) is 137 cm³/mol. The standard InChI is InChI=1S/C22H20N6O5S3/c1-10-5-11-6-27(4-3-14(11)36-10)7-12-8-34-20-16(19(30)28(20)17(12)21(31)32)25-18(29)15(26-33-2)13-9-35-22(23)24-13/h3-6,9,16,20H,7-8H2,1-2H3,(H3-,23,24,25,29,31,32)/p+1/b26-15-/t16?,20-/m1/s1. The fraction of sp³-hybridized carbons (Fsp3) is 0.273. The van der Waals surface area contributed by atoms with Gasteiger partial charge in [-0.1, -0.05) is 5.16 Å². The van der Waals surface area contributed by atoms with Crippen molar-refractivity contribution in [1.82, 2.24) is 15.2 Å². The molecule has 5 rings (SSSR count). The smallest absolute Gasteiger partial charge is 0.352 e. The Morgan fingerprint density at radius 1 is 1.44 bits per heavy atom. The summed E-state index contributed by atoms with van der Waals surface area (Å²) in [5.74, 6) is -1.94. The Hall–Kier alpha value is -3.49. The number of β-lactam (4-membered cyclic amide) rings is 1. The molecule has 4 N–H and O–H groups in total. The van der Waals surface area contributed by atoms with Crippen molar-refractivity contribution in [3.8, 4) is 0 Å². The zero-order valence-electron chi connectivity index (χ0n) is 19.1. The lowest BCUT2D eigenvalue weighted by Crippen LogP contribution is -2.71. The molecule has 36 heavy (non-hydrogen) atoms. The van der Waals surface area contributed by atoms with Gasteiger partial charge < -0.3 is 21.0 Å². The quantitative estimate of drug-likeness (QED) is 0.174. The van der Waals surface area contributed by atoms with E-state index in [9.17, 15) is 19.5 Å². The Bertz CT molecular complexity index is 1460. The van der Waals surface area contributed by atoms with Crippen LogP contribution in [-0.4, -0.2) is 62.8 Å². The molecule has 2 aliphatic heterocycles. The van der Waals surface area contributed by atoms with Crippen LogP contribution < -0.4 is 15.6 Å². The summed E-state index contributed by atoms with van der Waals surface area (Å²) in [6.45, 7) is 2.38. The number of nitrogen functional groups attached to an aromatic ring is 1. The monoisotopic (exact) mass is 545 g/mol. The van der Waals surface area contributed by atoms with Crippen molar-refractivity contribution >= 4 is 73.1 Å². The average Bonchev–Trinajstić information content (AvgIpc) is 3.44. The predicted octanol–water partition coefficient (Wildman–Crippen LogP) is 1.33. The van der Waals surface area contributed by atoms with Crippen molar-refractivity contribution in [1.29, 1.82) is 0 Å². The van der Waals surface area contributed by atoms with Crippen LogP contribution in [0.15, 0.2) is 46.3 Å². The van der Waals surface area contributed by atoms with Crippen LogP contribution in [0.1, 0.15) is 10.6 Å². The summed E-state index contributed by atoms with van der Waals surface area (Å²) >= 11 is 4.23. The first-order chi connectivity index (χ1) is 17.3. The first-order valence-electron chi connectivity index (χ1n) is 10.7. The number of carbonyl (C=O) groups is 3. The van der Waals surface area contributed by atoms with Gasteiger partial charge in [-0.25, -0.2) is 14.3 Å². The van der Waals surface area contributed by atoms with Gasteiger partial charge in [0.25, 0.3) is 11.8 Å². The Balaban J connectivity index is 1.36. The van der Waals surface area contributed by atoms with Crippen LogP contribution >= 0.6 is 34.4 Å². The summed E-state index contributed by atoms with van der Waals surface area (Å²) in [7, 11) is 1.29. The van der Waals surface area contributed by atoms with Crippen molar-refractivity contribution in [3.05, 3.63) is 51.7 Å². The molecule has 2 aliphatic rings. The highest BCUT2D eigenvalue weighted by molar-refractivity contribution is 8.00. The van der Waals surface area contributed by atoms with Gasteiger partial charge in [0.05, 0.1) is 5.39 Å². The van der Waals surface area contributed by atoms with Gasteiger partial charge in [0.2, 0.25) is 0 Å². The molecule has 1 fully saturated rings. The number of carboxylic acid groups (broad SMARTS) is 1.